The third-order valence-corrected chi connectivity index (χ3v) is 4.89. The van der Waals surface area contributed by atoms with Gasteiger partial charge in [-0.05, 0) is 24.1 Å². The van der Waals surface area contributed by atoms with Crippen molar-refractivity contribution in [3.8, 4) is 0 Å². The standard InChI is InChI=1S/C22H26N4O3.ClH/c23-13-15-25(14-12-17-6-2-1-3-7-17)21(28)10-11-22(29)26-16-20(27)24-18-8-4-5-9-19(18)26;/h1-9H,10-16,23H2,(H,24,27);1H. The first-order valence-corrected chi connectivity index (χ1v) is 9.79. The number of nitrogens with zero attached hydrogens (tertiary/aromatic N) is 2. The van der Waals surface area contributed by atoms with Gasteiger partial charge < -0.3 is 20.9 Å². The van der Waals surface area contributed by atoms with Crippen LogP contribution in [-0.2, 0) is 20.8 Å². The fraction of sp³-hybridized carbons (Fsp3) is 0.318. The van der Waals surface area contributed by atoms with Gasteiger partial charge in [0.2, 0.25) is 17.7 Å². The van der Waals surface area contributed by atoms with E-state index in [1.54, 1.807) is 23.1 Å². The van der Waals surface area contributed by atoms with Gasteiger partial charge >= 0.3 is 0 Å². The van der Waals surface area contributed by atoms with E-state index in [-0.39, 0.29) is 49.5 Å². The second-order valence-corrected chi connectivity index (χ2v) is 6.95. The molecule has 0 fully saturated rings. The minimum absolute atomic E-state index is 0. The molecule has 8 heteroatoms. The summed E-state index contributed by atoms with van der Waals surface area (Å²) in [4.78, 5) is 40.4. The average molecular weight is 431 g/mol. The summed E-state index contributed by atoms with van der Waals surface area (Å²) in [5.41, 5.74) is 8.08. The number of para-hydroxylation sites is 2. The highest BCUT2D eigenvalue weighted by molar-refractivity contribution is 6.10. The van der Waals surface area contributed by atoms with Crippen LogP contribution in [0.25, 0.3) is 0 Å². The Morgan fingerprint density at radius 3 is 2.43 bits per heavy atom. The van der Waals surface area contributed by atoms with Crippen molar-refractivity contribution < 1.29 is 14.4 Å². The van der Waals surface area contributed by atoms with Gasteiger partial charge in [-0.2, -0.15) is 0 Å². The molecule has 3 rings (SSSR count). The lowest BCUT2D eigenvalue weighted by molar-refractivity contribution is -0.133. The van der Waals surface area contributed by atoms with Gasteiger partial charge in [0.05, 0.1) is 11.4 Å². The van der Waals surface area contributed by atoms with Crippen molar-refractivity contribution in [3.63, 3.8) is 0 Å². The van der Waals surface area contributed by atoms with Gasteiger partial charge in [-0.15, -0.1) is 12.4 Å². The third-order valence-electron chi connectivity index (χ3n) is 4.89. The highest BCUT2D eigenvalue weighted by Gasteiger charge is 2.27. The molecular formula is C22H27ClN4O3. The second-order valence-electron chi connectivity index (χ2n) is 6.95. The van der Waals surface area contributed by atoms with E-state index < -0.39 is 0 Å². The van der Waals surface area contributed by atoms with Gasteiger partial charge in [-0.1, -0.05) is 42.5 Å². The molecule has 2 aromatic carbocycles. The summed E-state index contributed by atoms with van der Waals surface area (Å²) >= 11 is 0. The number of amides is 3. The summed E-state index contributed by atoms with van der Waals surface area (Å²) in [5, 5.41) is 2.75. The Morgan fingerprint density at radius 2 is 1.70 bits per heavy atom. The molecule has 1 aliphatic heterocycles. The molecule has 1 aliphatic rings. The number of carbonyl (C=O) groups is 3. The molecule has 2 aromatic rings. The third kappa shape index (κ3) is 6.05. The zero-order valence-corrected chi connectivity index (χ0v) is 17.6. The van der Waals surface area contributed by atoms with Crippen LogP contribution in [0, 0.1) is 0 Å². The van der Waals surface area contributed by atoms with E-state index in [4.69, 9.17) is 5.73 Å². The Hall–Kier alpha value is -2.90. The van der Waals surface area contributed by atoms with E-state index in [9.17, 15) is 14.4 Å². The lowest BCUT2D eigenvalue weighted by Crippen LogP contribution is -2.43. The Labute approximate surface area is 182 Å². The molecule has 1 heterocycles. The van der Waals surface area contributed by atoms with E-state index in [1.807, 2.05) is 36.4 Å². The molecule has 160 valence electrons. The molecular weight excluding hydrogens is 404 g/mol. The van der Waals surface area contributed by atoms with Crippen molar-refractivity contribution in [3.05, 3.63) is 60.2 Å². The maximum absolute atomic E-state index is 12.7. The predicted octanol–water partition coefficient (Wildman–Crippen LogP) is 2.20. The largest absolute Gasteiger partial charge is 0.341 e. The zero-order valence-electron chi connectivity index (χ0n) is 16.8. The Morgan fingerprint density at radius 1 is 1.00 bits per heavy atom. The van der Waals surface area contributed by atoms with E-state index in [2.05, 4.69) is 5.32 Å². The molecule has 30 heavy (non-hydrogen) atoms. The van der Waals surface area contributed by atoms with Gasteiger partial charge in [-0.25, -0.2) is 0 Å². The maximum Gasteiger partial charge on any atom is 0.244 e. The summed E-state index contributed by atoms with van der Waals surface area (Å²) in [5.74, 6) is -0.582. The number of nitrogens with two attached hydrogens (primary N) is 1. The SMILES string of the molecule is Cl.NCCN(CCc1ccccc1)C(=O)CCC(=O)N1CC(=O)Nc2ccccc21. The molecule has 3 amide bonds. The fourth-order valence-electron chi connectivity index (χ4n) is 3.39. The van der Waals surface area contributed by atoms with Crippen LogP contribution in [0.3, 0.4) is 0 Å². The minimum Gasteiger partial charge on any atom is -0.341 e. The fourth-order valence-corrected chi connectivity index (χ4v) is 3.39. The lowest BCUT2D eigenvalue weighted by Gasteiger charge is -2.29. The number of rotatable bonds is 8. The van der Waals surface area contributed by atoms with Crippen molar-refractivity contribution in [1.29, 1.82) is 0 Å². The van der Waals surface area contributed by atoms with Gasteiger partial charge in [0.1, 0.15) is 6.54 Å². The topological polar surface area (TPSA) is 95.7 Å². The number of halogens is 1. The smallest absolute Gasteiger partial charge is 0.244 e. The number of carbonyl (C=O) groups excluding carboxylic acids is 3. The van der Waals surface area contributed by atoms with Crippen molar-refractivity contribution >= 4 is 41.5 Å². The van der Waals surface area contributed by atoms with Gasteiger partial charge in [-0.3, -0.25) is 14.4 Å². The van der Waals surface area contributed by atoms with Crippen molar-refractivity contribution in [2.24, 2.45) is 5.73 Å². The molecule has 0 atom stereocenters. The Kier molecular flexibility index (Phi) is 8.83. The van der Waals surface area contributed by atoms with Crippen LogP contribution in [0.15, 0.2) is 54.6 Å². The van der Waals surface area contributed by atoms with Crippen LogP contribution < -0.4 is 16.0 Å². The zero-order chi connectivity index (χ0) is 20.6. The highest BCUT2D eigenvalue weighted by Crippen LogP contribution is 2.29. The molecule has 0 unspecified atom stereocenters. The van der Waals surface area contributed by atoms with Gasteiger partial charge in [0.15, 0.2) is 0 Å². The molecule has 0 aromatic heterocycles. The Bertz CT molecular complexity index is 876. The normalized spacial score (nSPS) is 12.4. The maximum atomic E-state index is 12.7. The van der Waals surface area contributed by atoms with Gasteiger partial charge in [0.25, 0.3) is 0 Å². The summed E-state index contributed by atoms with van der Waals surface area (Å²) in [6, 6.07) is 17.1. The first-order chi connectivity index (χ1) is 14.1. The summed E-state index contributed by atoms with van der Waals surface area (Å²) in [6.07, 6.45) is 0.876. The first-order valence-electron chi connectivity index (χ1n) is 9.79. The Balaban J connectivity index is 0.00000320. The molecule has 3 N–H and O–H groups in total. The van der Waals surface area contributed by atoms with Crippen LogP contribution in [0.2, 0.25) is 0 Å². The molecule has 0 bridgehead atoms. The summed E-state index contributed by atoms with van der Waals surface area (Å²) in [6.45, 7) is 1.34. The number of fused-ring (bicyclic) bond motifs is 1. The number of nitrogens with one attached hydrogen (secondary N) is 1. The molecule has 0 aliphatic carbocycles. The van der Waals surface area contributed by atoms with Crippen LogP contribution in [0.5, 0.6) is 0 Å². The monoisotopic (exact) mass is 430 g/mol. The lowest BCUT2D eigenvalue weighted by atomic mass is 10.1. The summed E-state index contributed by atoms with van der Waals surface area (Å²) < 4.78 is 0. The molecule has 0 radical (unpaired) electrons. The first kappa shape index (κ1) is 23.4. The van der Waals surface area contributed by atoms with Crippen molar-refractivity contribution in [2.45, 2.75) is 19.3 Å². The quantitative estimate of drug-likeness (QED) is 0.671. The summed E-state index contributed by atoms with van der Waals surface area (Å²) in [7, 11) is 0. The molecule has 0 spiro atoms. The van der Waals surface area contributed by atoms with E-state index >= 15 is 0 Å². The average Bonchev–Trinajstić information content (AvgIpc) is 2.74. The number of hydrogen-bond donors (Lipinski definition) is 2. The highest BCUT2D eigenvalue weighted by atomic mass is 35.5. The van der Waals surface area contributed by atoms with Crippen LogP contribution >= 0.6 is 12.4 Å². The molecule has 0 saturated heterocycles. The molecule has 7 nitrogen and oxygen atoms in total. The minimum atomic E-state index is -0.240. The van der Waals surface area contributed by atoms with E-state index in [0.717, 1.165) is 12.0 Å². The van der Waals surface area contributed by atoms with Crippen LogP contribution in [0.4, 0.5) is 11.4 Å². The van der Waals surface area contributed by atoms with E-state index in [0.29, 0.717) is 31.0 Å². The second kappa shape index (κ2) is 11.3. The van der Waals surface area contributed by atoms with Crippen molar-refractivity contribution in [1.82, 2.24) is 4.90 Å². The van der Waals surface area contributed by atoms with E-state index in [1.165, 1.54) is 4.90 Å². The van der Waals surface area contributed by atoms with Crippen molar-refractivity contribution in [2.75, 3.05) is 36.4 Å². The number of hydrogen-bond acceptors (Lipinski definition) is 4. The number of benzene rings is 2. The molecule has 0 saturated carbocycles. The number of anilines is 2. The van der Waals surface area contributed by atoms with Crippen LogP contribution in [-0.4, -0.2) is 48.8 Å². The van der Waals surface area contributed by atoms with Gasteiger partial charge in [0, 0.05) is 32.5 Å². The predicted molar refractivity (Wildman–Crippen MR) is 120 cm³/mol. The van der Waals surface area contributed by atoms with Crippen LogP contribution in [0.1, 0.15) is 18.4 Å².